The number of anilines is 1. The number of fused-ring (bicyclic) bond motifs is 1. The summed E-state index contributed by atoms with van der Waals surface area (Å²) in [6, 6.07) is 27.1. The molecular formula is C26H20N4O2S. The number of rotatable bonds is 6. The minimum absolute atomic E-state index is 0.238. The highest BCUT2D eigenvalue weighted by Gasteiger charge is 2.16. The van der Waals surface area contributed by atoms with Crippen LogP contribution in [0.25, 0.3) is 22.2 Å². The first kappa shape index (κ1) is 20.8. The van der Waals surface area contributed by atoms with Crippen LogP contribution in [0.5, 0.6) is 5.75 Å². The Morgan fingerprint density at radius 3 is 2.48 bits per heavy atom. The zero-order valence-electron chi connectivity index (χ0n) is 17.9. The Morgan fingerprint density at radius 1 is 0.939 bits per heavy atom. The van der Waals surface area contributed by atoms with Crippen molar-refractivity contribution in [3.8, 4) is 17.0 Å². The predicted molar refractivity (Wildman–Crippen MR) is 131 cm³/mol. The van der Waals surface area contributed by atoms with Crippen LogP contribution in [0.1, 0.15) is 20.9 Å². The van der Waals surface area contributed by atoms with E-state index in [2.05, 4.69) is 15.5 Å². The molecule has 0 radical (unpaired) electrons. The van der Waals surface area contributed by atoms with Crippen LogP contribution in [0.15, 0.2) is 84.9 Å². The van der Waals surface area contributed by atoms with E-state index in [1.165, 1.54) is 11.3 Å². The number of methoxy groups -OCH3 is 1. The van der Waals surface area contributed by atoms with Crippen molar-refractivity contribution < 1.29 is 9.53 Å². The van der Waals surface area contributed by atoms with E-state index >= 15 is 0 Å². The van der Waals surface area contributed by atoms with Gasteiger partial charge in [0.15, 0.2) is 0 Å². The maximum atomic E-state index is 13.2. The molecule has 6 nitrogen and oxygen atoms in total. The fraction of sp³-hybridized carbons (Fsp3) is 0.0769. The molecule has 0 fully saturated rings. The molecule has 3 aromatic carbocycles. The zero-order chi connectivity index (χ0) is 22.6. The molecule has 1 amide bonds. The lowest BCUT2D eigenvalue weighted by Gasteiger charge is -2.09. The van der Waals surface area contributed by atoms with Crippen molar-refractivity contribution in [1.82, 2.24) is 15.2 Å². The fourth-order valence-electron chi connectivity index (χ4n) is 3.58. The largest absolute Gasteiger partial charge is 0.497 e. The first-order valence-electron chi connectivity index (χ1n) is 10.4. The predicted octanol–water partition coefficient (Wildman–Crippen LogP) is 5.61. The molecule has 0 atom stereocenters. The Kier molecular flexibility index (Phi) is 5.78. The summed E-state index contributed by atoms with van der Waals surface area (Å²) in [6.45, 7) is 0. The highest BCUT2D eigenvalue weighted by molar-refractivity contribution is 7.15. The van der Waals surface area contributed by atoms with Crippen LogP contribution in [-0.2, 0) is 6.42 Å². The number of carbonyl (C=O) groups is 1. The summed E-state index contributed by atoms with van der Waals surface area (Å²) in [4.78, 5) is 18.0. The second-order valence-corrected chi connectivity index (χ2v) is 8.48. The lowest BCUT2D eigenvalue weighted by atomic mass is 10.0. The number of aromatic nitrogens is 3. The van der Waals surface area contributed by atoms with E-state index in [0.29, 0.717) is 17.1 Å². The van der Waals surface area contributed by atoms with E-state index in [4.69, 9.17) is 9.72 Å². The number of hydrogen-bond acceptors (Lipinski definition) is 6. The first-order chi connectivity index (χ1) is 16.2. The van der Waals surface area contributed by atoms with Gasteiger partial charge in [0.25, 0.3) is 5.91 Å². The van der Waals surface area contributed by atoms with Crippen molar-refractivity contribution in [1.29, 1.82) is 0 Å². The average molecular weight is 453 g/mol. The smallest absolute Gasteiger partial charge is 0.258 e. The normalized spacial score (nSPS) is 10.8. The second kappa shape index (κ2) is 9.18. The van der Waals surface area contributed by atoms with E-state index in [0.717, 1.165) is 38.5 Å². The van der Waals surface area contributed by atoms with Gasteiger partial charge in [-0.3, -0.25) is 10.1 Å². The minimum atomic E-state index is -0.238. The van der Waals surface area contributed by atoms with Crippen LogP contribution in [0.3, 0.4) is 0 Å². The Labute approximate surface area is 194 Å². The number of amides is 1. The third-order valence-corrected chi connectivity index (χ3v) is 6.07. The van der Waals surface area contributed by atoms with E-state index in [9.17, 15) is 4.79 Å². The van der Waals surface area contributed by atoms with Crippen molar-refractivity contribution in [3.63, 3.8) is 0 Å². The summed E-state index contributed by atoms with van der Waals surface area (Å²) < 4.78 is 5.20. The van der Waals surface area contributed by atoms with Gasteiger partial charge in [-0.25, -0.2) is 4.98 Å². The summed E-state index contributed by atoms with van der Waals surface area (Å²) in [5, 5.41) is 13.4. The summed E-state index contributed by atoms with van der Waals surface area (Å²) in [5.74, 6) is 0.571. The Balaban J connectivity index is 1.40. The average Bonchev–Trinajstić information content (AvgIpc) is 3.30. The molecule has 5 rings (SSSR count). The number of carbonyl (C=O) groups excluding carboxylic acids is 1. The lowest BCUT2D eigenvalue weighted by Crippen LogP contribution is -2.13. The monoisotopic (exact) mass is 452 g/mol. The molecule has 162 valence electrons. The number of para-hydroxylation sites is 1. The van der Waals surface area contributed by atoms with E-state index < -0.39 is 0 Å². The van der Waals surface area contributed by atoms with Gasteiger partial charge in [-0.05, 0) is 29.8 Å². The maximum Gasteiger partial charge on any atom is 0.258 e. The molecule has 0 aliphatic carbocycles. The van der Waals surface area contributed by atoms with Gasteiger partial charge in [0.05, 0.1) is 23.9 Å². The van der Waals surface area contributed by atoms with Gasteiger partial charge in [0.1, 0.15) is 10.8 Å². The summed E-state index contributed by atoms with van der Waals surface area (Å²) >= 11 is 1.37. The number of pyridine rings is 1. The molecule has 7 heteroatoms. The molecule has 1 N–H and O–H groups in total. The van der Waals surface area contributed by atoms with Crippen LogP contribution in [0.2, 0.25) is 0 Å². The number of nitrogens with zero attached hydrogens (tertiary/aromatic N) is 3. The molecule has 0 saturated heterocycles. The van der Waals surface area contributed by atoms with Gasteiger partial charge in [-0.2, -0.15) is 0 Å². The van der Waals surface area contributed by atoms with Gasteiger partial charge in [-0.1, -0.05) is 72.0 Å². The second-order valence-electron chi connectivity index (χ2n) is 7.42. The summed E-state index contributed by atoms with van der Waals surface area (Å²) in [5.41, 5.74) is 4.11. The van der Waals surface area contributed by atoms with Crippen molar-refractivity contribution in [2.75, 3.05) is 12.4 Å². The Hall–Kier alpha value is -4.10. The van der Waals surface area contributed by atoms with Gasteiger partial charge < -0.3 is 4.74 Å². The van der Waals surface area contributed by atoms with Crippen LogP contribution in [0.4, 0.5) is 5.13 Å². The van der Waals surface area contributed by atoms with Gasteiger partial charge in [0, 0.05) is 17.4 Å². The van der Waals surface area contributed by atoms with Crippen LogP contribution >= 0.6 is 11.3 Å². The summed E-state index contributed by atoms with van der Waals surface area (Å²) in [6.07, 6.45) is 0.633. The highest BCUT2D eigenvalue weighted by atomic mass is 32.1. The minimum Gasteiger partial charge on any atom is -0.497 e. The quantitative estimate of drug-likeness (QED) is 0.363. The SMILES string of the molecule is COc1ccc(Cc2nnc(NC(=O)c3cc(-c4ccccc4)nc4ccccc34)s2)cc1. The molecule has 0 saturated carbocycles. The molecule has 0 aliphatic heterocycles. The number of ether oxygens (including phenoxy) is 1. The van der Waals surface area contributed by atoms with E-state index in [1.54, 1.807) is 7.11 Å². The molecule has 0 spiro atoms. The number of benzene rings is 3. The standard InChI is InChI=1S/C26H20N4O2S/c1-32-19-13-11-17(12-14-19)15-24-29-30-26(33-24)28-25(31)21-16-23(18-7-3-2-4-8-18)27-22-10-6-5-9-20(21)22/h2-14,16H,15H2,1H3,(H,28,30,31). The Bertz CT molecular complexity index is 1420. The van der Waals surface area contributed by atoms with E-state index in [-0.39, 0.29) is 5.91 Å². The topological polar surface area (TPSA) is 77.0 Å². The summed E-state index contributed by atoms with van der Waals surface area (Å²) in [7, 11) is 1.64. The van der Waals surface area contributed by atoms with E-state index in [1.807, 2.05) is 84.9 Å². The van der Waals surface area contributed by atoms with Crippen molar-refractivity contribution in [2.24, 2.45) is 0 Å². The third-order valence-electron chi connectivity index (χ3n) is 5.23. The molecule has 0 aliphatic rings. The van der Waals surface area contributed by atoms with Crippen molar-refractivity contribution in [2.45, 2.75) is 6.42 Å². The fourth-order valence-corrected chi connectivity index (χ4v) is 4.35. The third kappa shape index (κ3) is 4.58. The van der Waals surface area contributed by atoms with Gasteiger partial charge in [-0.15, -0.1) is 10.2 Å². The molecule has 33 heavy (non-hydrogen) atoms. The molecular weight excluding hydrogens is 432 g/mol. The maximum absolute atomic E-state index is 13.2. The van der Waals surface area contributed by atoms with Crippen LogP contribution in [-0.4, -0.2) is 28.2 Å². The van der Waals surface area contributed by atoms with Crippen LogP contribution in [0, 0.1) is 0 Å². The van der Waals surface area contributed by atoms with Gasteiger partial charge >= 0.3 is 0 Å². The van der Waals surface area contributed by atoms with Crippen LogP contribution < -0.4 is 10.1 Å². The molecule has 2 heterocycles. The molecule has 0 unspecified atom stereocenters. The molecule has 2 aromatic heterocycles. The van der Waals surface area contributed by atoms with Crippen molar-refractivity contribution in [3.05, 3.63) is 101 Å². The molecule has 0 bridgehead atoms. The lowest BCUT2D eigenvalue weighted by molar-refractivity contribution is 0.102. The van der Waals surface area contributed by atoms with Gasteiger partial charge in [0.2, 0.25) is 5.13 Å². The zero-order valence-corrected chi connectivity index (χ0v) is 18.7. The Morgan fingerprint density at radius 2 is 1.70 bits per heavy atom. The number of hydrogen-bond donors (Lipinski definition) is 1. The molecule has 5 aromatic rings. The van der Waals surface area contributed by atoms with Crippen molar-refractivity contribution >= 4 is 33.3 Å². The highest BCUT2D eigenvalue weighted by Crippen LogP contribution is 2.26. The number of nitrogens with one attached hydrogen (secondary N) is 1. The first-order valence-corrected chi connectivity index (χ1v) is 11.2.